The summed E-state index contributed by atoms with van der Waals surface area (Å²) in [4.78, 5) is 2.20. The monoisotopic (exact) mass is 639 g/mol. The first-order valence-electron chi connectivity index (χ1n) is 16.7. The predicted molar refractivity (Wildman–Crippen MR) is 209 cm³/mol. The molecule has 3 nitrogen and oxygen atoms in total. The van der Waals surface area contributed by atoms with Crippen molar-refractivity contribution in [1.82, 2.24) is 4.57 Å². The van der Waals surface area contributed by atoms with E-state index in [-0.39, 0.29) is 0 Å². The number of benzene rings is 7. The Kier molecular flexibility index (Phi) is 8.33. The summed E-state index contributed by atoms with van der Waals surface area (Å²) >= 11 is 0. The molecule has 0 amide bonds. The first-order valence-corrected chi connectivity index (χ1v) is 16.7. The van der Waals surface area contributed by atoms with Crippen molar-refractivity contribution in [1.29, 1.82) is 5.26 Å². The van der Waals surface area contributed by atoms with E-state index in [9.17, 15) is 5.26 Å². The Morgan fingerprint density at radius 3 is 1.60 bits per heavy atom. The van der Waals surface area contributed by atoms with Crippen LogP contribution in [0, 0.1) is 11.3 Å². The molecular weight excluding hydrogens is 607 g/mol. The van der Waals surface area contributed by atoms with Crippen molar-refractivity contribution in [2.45, 2.75) is 0 Å². The number of hydrogen-bond donors (Lipinski definition) is 0. The van der Waals surface area contributed by atoms with Gasteiger partial charge in [-0.05, 0) is 89.0 Å². The lowest BCUT2D eigenvalue weighted by atomic mass is 9.98. The molecule has 3 heteroatoms. The molecule has 1 heterocycles. The molecule has 0 aliphatic rings. The van der Waals surface area contributed by atoms with E-state index in [2.05, 4.69) is 173 Å². The van der Waals surface area contributed by atoms with E-state index in [0.717, 1.165) is 39.4 Å². The highest BCUT2D eigenvalue weighted by molar-refractivity contribution is 6.06. The second kappa shape index (κ2) is 13.7. The van der Waals surface area contributed by atoms with Crippen LogP contribution in [0.15, 0.2) is 188 Å². The number of anilines is 3. The first-order chi connectivity index (χ1) is 24.8. The molecule has 50 heavy (non-hydrogen) atoms. The van der Waals surface area contributed by atoms with Gasteiger partial charge in [-0.1, -0.05) is 133 Å². The Morgan fingerprint density at radius 1 is 0.480 bits per heavy atom. The third-order valence-electron chi connectivity index (χ3n) is 9.01. The number of rotatable bonds is 8. The van der Waals surface area contributed by atoms with Gasteiger partial charge in [0, 0.05) is 33.7 Å². The smallest absolute Gasteiger partial charge is 0.0991 e. The molecule has 0 aliphatic carbocycles. The molecule has 8 rings (SSSR count). The largest absolute Gasteiger partial charge is 0.311 e. The molecule has 0 saturated carbocycles. The Hall–Kier alpha value is -6.89. The Labute approximate surface area is 292 Å². The van der Waals surface area contributed by atoms with E-state index in [4.69, 9.17) is 0 Å². The molecule has 0 radical (unpaired) electrons. The second-order valence-electron chi connectivity index (χ2n) is 12.2. The van der Waals surface area contributed by atoms with Crippen LogP contribution in [-0.2, 0) is 0 Å². The Bertz CT molecular complexity index is 2440. The first kappa shape index (κ1) is 30.4. The van der Waals surface area contributed by atoms with Crippen LogP contribution in [0.5, 0.6) is 0 Å². The van der Waals surface area contributed by atoms with E-state index < -0.39 is 0 Å². The molecule has 8 aromatic rings. The van der Waals surface area contributed by atoms with Crippen LogP contribution in [-0.4, -0.2) is 4.57 Å². The van der Waals surface area contributed by atoms with Gasteiger partial charge in [0.1, 0.15) is 0 Å². The second-order valence-corrected chi connectivity index (χ2v) is 12.2. The van der Waals surface area contributed by atoms with Crippen molar-refractivity contribution < 1.29 is 0 Å². The molecule has 0 aliphatic heterocycles. The highest BCUT2D eigenvalue weighted by Gasteiger charge is 2.21. The van der Waals surface area contributed by atoms with Crippen molar-refractivity contribution in [2.24, 2.45) is 0 Å². The summed E-state index contributed by atoms with van der Waals surface area (Å²) in [6.07, 6.45) is 4.36. The summed E-state index contributed by atoms with van der Waals surface area (Å²) in [7, 11) is 0. The van der Waals surface area contributed by atoms with Gasteiger partial charge in [-0.15, -0.1) is 0 Å². The SMILES string of the molecule is N#Cc1ccc(N(c2ccccc2)c2ccc(C=Cc3ccc4c(-c5ccccc5)c(-c5ccccc5)n(-c5ccccc5)c4c3)cc2)cc1. The zero-order valence-corrected chi connectivity index (χ0v) is 27.4. The lowest BCUT2D eigenvalue weighted by molar-refractivity contribution is 1.13. The quantitative estimate of drug-likeness (QED) is 0.155. The number of para-hydroxylation sites is 2. The predicted octanol–water partition coefficient (Wildman–Crippen LogP) is 12.5. The molecule has 0 saturated heterocycles. The summed E-state index contributed by atoms with van der Waals surface area (Å²) in [5.74, 6) is 0. The van der Waals surface area contributed by atoms with E-state index in [1.165, 1.54) is 27.8 Å². The molecular formula is C47H33N3. The molecule has 0 bridgehead atoms. The van der Waals surface area contributed by atoms with E-state index in [0.29, 0.717) is 5.56 Å². The minimum atomic E-state index is 0.643. The van der Waals surface area contributed by atoms with Gasteiger partial charge in [0.2, 0.25) is 0 Å². The average Bonchev–Trinajstić information content (AvgIpc) is 3.54. The Balaban J connectivity index is 1.19. The minimum absolute atomic E-state index is 0.643. The van der Waals surface area contributed by atoms with Crippen molar-refractivity contribution in [2.75, 3.05) is 4.90 Å². The molecule has 7 aromatic carbocycles. The standard InChI is InChI=1S/C47H33N3/c48-34-37-25-30-43(31-26-37)49(40-17-9-3-10-18-40)42-28-23-35(24-29-42)21-22-36-27-32-44-45(33-36)50(41-19-11-4-12-20-41)47(39-15-7-2-8-16-39)46(44)38-13-5-1-6-14-38/h1-33H. The highest BCUT2D eigenvalue weighted by Crippen LogP contribution is 2.43. The fourth-order valence-electron chi connectivity index (χ4n) is 6.66. The highest BCUT2D eigenvalue weighted by atomic mass is 15.1. The molecule has 0 spiro atoms. The van der Waals surface area contributed by atoms with Gasteiger partial charge in [0.25, 0.3) is 0 Å². The fourth-order valence-corrected chi connectivity index (χ4v) is 6.66. The number of nitrogens with zero attached hydrogens (tertiary/aromatic N) is 3. The van der Waals surface area contributed by atoms with Crippen LogP contribution in [0.25, 0.3) is 51.1 Å². The number of nitriles is 1. The summed E-state index contributed by atoms with van der Waals surface area (Å²) in [5.41, 5.74) is 13.0. The van der Waals surface area contributed by atoms with Gasteiger partial charge in [-0.25, -0.2) is 0 Å². The summed E-state index contributed by atoms with van der Waals surface area (Å²) < 4.78 is 2.40. The summed E-state index contributed by atoms with van der Waals surface area (Å²) in [5, 5.41) is 10.5. The van der Waals surface area contributed by atoms with Gasteiger partial charge in [0.05, 0.1) is 22.8 Å². The lowest BCUT2D eigenvalue weighted by Crippen LogP contribution is -2.09. The zero-order valence-electron chi connectivity index (χ0n) is 27.4. The third kappa shape index (κ3) is 5.99. The number of aromatic nitrogens is 1. The normalized spacial score (nSPS) is 11.1. The molecule has 236 valence electrons. The maximum absolute atomic E-state index is 9.32. The van der Waals surface area contributed by atoms with Crippen LogP contribution in [0.2, 0.25) is 0 Å². The van der Waals surface area contributed by atoms with Crippen molar-refractivity contribution >= 4 is 40.1 Å². The molecule has 0 atom stereocenters. The topological polar surface area (TPSA) is 32.0 Å². The van der Waals surface area contributed by atoms with Gasteiger partial charge >= 0.3 is 0 Å². The zero-order chi connectivity index (χ0) is 33.7. The molecule has 0 fully saturated rings. The van der Waals surface area contributed by atoms with Crippen LogP contribution < -0.4 is 4.90 Å². The van der Waals surface area contributed by atoms with Crippen LogP contribution >= 0.6 is 0 Å². The van der Waals surface area contributed by atoms with Crippen LogP contribution in [0.1, 0.15) is 16.7 Å². The summed E-state index contributed by atoms with van der Waals surface area (Å²) in [6.45, 7) is 0. The number of hydrogen-bond acceptors (Lipinski definition) is 2. The number of fused-ring (bicyclic) bond motifs is 1. The van der Waals surface area contributed by atoms with Gasteiger partial charge in [0.15, 0.2) is 0 Å². The van der Waals surface area contributed by atoms with E-state index in [1.807, 2.05) is 42.5 Å². The van der Waals surface area contributed by atoms with E-state index in [1.54, 1.807) is 0 Å². The van der Waals surface area contributed by atoms with Crippen LogP contribution in [0.4, 0.5) is 17.1 Å². The summed E-state index contributed by atoms with van der Waals surface area (Å²) in [6, 6.07) is 67.6. The Morgan fingerprint density at radius 2 is 0.980 bits per heavy atom. The van der Waals surface area contributed by atoms with Gasteiger partial charge < -0.3 is 9.47 Å². The van der Waals surface area contributed by atoms with Crippen molar-refractivity contribution in [3.05, 3.63) is 205 Å². The fraction of sp³-hybridized carbons (Fsp3) is 0. The lowest BCUT2D eigenvalue weighted by Gasteiger charge is -2.25. The molecule has 0 unspecified atom stereocenters. The van der Waals surface area contributed by atoms with Crippen LogP contribution in [0.3, 0.4) is 0 Å². The van der Waals surface area contributed by atoms with Gasteiger partial charge in [-0.2, -0.15) is 5.26 Å². The average molecular weight is 640 g/mol. The maximum Gasteiger partial charge on any atom is 0.0991 e. The van der Waals surface area contributed by atoms with Crippen molar-refractivity contribution in [3.8, 4) is 34.1 Å². The molecule has 0 N–H and O–H groups in total. The van der Waals surface area contributed by atoms with Gasteiger partial charge in [-0.3, -0.25) is 0 Å². The van der Waals surface area contributed by atoms with Crippen molar-refractivity contribution in [3.63, 3.8) is 0 Å². The van der Waals surface area contributed by atoms with E-state index >= 15 is 0 Å². The third-order valence-corrected chi connectivity index (χ3v) is 9.01. The minimum Gasteiger partial charge on any atom is -0.311 e. The maximum atomic E-state index is 9.32. The molecule has 1 aromatic heterocycles.